The topological polar surface area (TPSA) is 75.6 Å². The molecule has 1 heterocycles. The van der Waals surface area contributed by atoms with E-state index in [4.69, 9.17) is 11.5 Å². The van der Waals surface area contributed by atoms with Crippen molar-refractivity contribution < 1.29 is 4.79 Å². The molecule has 0 aromatic heterocycles. The lowest BCUT2D eigenvalue weighted by Crippen LogP contribution is -2.44. The Hall–Kier alpha value is -2.37. The lowest BCUT2D eigenvalue weighted by molar-refractivity contribution is 0.100. The van der Waals surface area contributed by atoms with E-state index in [1.54, 1.807) is 0 Å². The van der Waals surface area contributed by atoms with Gasteiger partial charge in [-0.2, -0.15) is 0 Å². The molecule has 1 amide bonds. The number of nitrogens with two attached hydrogens (primary N) is 2. The second kappa shape index (κ2) is 6.74. The number of carbonyl (C=O) groups is 1. The molecule has 2 fully saturated rings. The van der Waals surface area contributed by atoms with Gasteiger partial charge >= 0.3 is 0 Å². The first-order valence-corrected chi connectivity index (χ1v) is 9.26. The van der Waals surface area contributed by atoms with E-state index in [9.17, 15) is 4.79 Å². The number of hydrogen-bond donors (Lipinski definition) is 2. The Morgan fingerprint density at radius 2 is 1.69 bits per heavy atom. The minimum Gasteiger partial charge on any atom is -0.369 e. The molecule has 4 N–H and O–H groups in total. The Balaban J connectivity index is 1.66. The Labute approximate surface area is 154 Å². The van der Waals surface area contributed by atoms with Crippen molar-refractivity contribution in [2.45, 2.75) is 18.4 Å². The van der Waals surface area contributed by atoms with Crippen LogP contribution < -0.4 is 16.4 Å². The highest BCUT2D eigenvalue weighted by atomic mass is 16.1. The molecule has 1 aliphatic heterocycles. The third-order valence-corrected chi connectivity index (χ3v) is 5.63. The van der Waals surface area contributed by atoms with Crippen LogP contribution in [-0.2, 0) is 0 Å². The van der Waals surface area contributed by atoms with Crippen LogP contribution in [0.2, 0.25) is 0 Å². The van der Waals surface area contributed by atoms with E-state index in [1.165, 1.54) is 5.56 Å². The van der Waals surface area contributed by atoms with E-state index in [2.05, 4.69) is 47.2 Å². The molecule has 136 valence electrons. The largest absolute Gasteiger partial charge is 0.369 e. The predicted octanol–water partition coefficient (Wildman–Crippen LogP) is 2.02. The van der Waals surface area contributed by atoms with Crippen molar-refractivity contribution in [1.82, 2.24) is 4.90 Å². The molecule has 0 radical (unpaired) electrons. The summed E-state index contributed by atoms with van der Waals surface area (Å²) in [6.45, 7) is 4.07. The third-order valence-electron chi connectivity index (χ3n) is 5.63. The number of amides is 1. The third kappa shape index (κ3) is 3.32. The normalized spacial score (nSPS) is 23.1. The van der Waals surface area contributed by atoms with Crippen molar-refractivity contribution in [1.29, 1.82) is 0 Å². The molecule has 5 nitrogen and oxygen atoms in total. The highest BCUT2D eigenvalue weighted by Gasteiger charge is 2.34. The van der Waals surface area contributed by atoms with Gasteiger partial charge in [0.1, 0.15) is 0 Å². The van der Waals surface area contributed by atoms with E-state index in [0.29, 0.717) is 17.5 Å². The Morgan fingerprint density at radius 1 is 1.04 bits per heavy atom. The number of piperazine rings is 1. The molecule has 0 bridgehead atoms. The van der Waals surface area contributed by atoms with Gasteiger partial charge in [-0.3, -0.25) is 4.79 Å². The van der Waals surface area contributed by atoms with E-state index < -0.39 is 5.91 Å². The second-order valence-corrected chi connectivity index (χ2v) is 7.51. The summed E-state index contributed by atoms with van der Waals surface area (Å²) in [5.41, 5.74) is 16.5. The fourth-order valence-electron chi connectivity index (χ4n) is 3.76. The average Bonchev–Trinajstić information content (AvgIpc) is 3.38. The summed E-state index contributed by atoms with van der Waals surface area (Å²) in [5, 5.41) is 0. The molecular formula is C21H26N4O. The summed E-state index contributed by atoms with van der Waals surface area (Å²) >= 11 is 0. The molecule has 0 spiro atoms. The van der Waals surface area contributed by atoms with Gasteiger partial charge in [0.2, 0.25) is 5.91 Å². The highest BCUT2D eigenvalue weighted by molar-refractivity contribution is 6.00. The smallest absolute Gasteiger partial charge is 0.249 e. The van der Waals surface area contributed by atoms with Crippen molar-refractivity contribution in [3.63, 3.8) is 0 Å². The van der Waals surface area contributed by atoms with Crippen molar-refractivity contribution in [3.8, 4) is 11.1 Å². The van der Waals surface area contributed by atoms with Crippen molar-refractivity contribution in [2.75, 3.05) is 38.1 Å². The molecular weight excluding hydrogens is 324 g/mol. The van der Waals surface area contributed by atoms with Crippen molar-refractivity contribution in [3.05, 3.63) is 53.6 Å². The predicted molar refractivity (Wildman–Crippen MR) is 105 cm³/mol. The van der Waals surface area contributed by atoms with Gasteiger partial charge in [-0.05, 0) is 48.4 Å². The Kier molecular flexibility index (Phi) is 4.42. The molecule has 4 rings (SSSR count). The van der Waals surface area contributed by atoms with Gasteiger partial charge in [-0.1, -0.05) is 24.3 Å². The molecule has 26 heavy (non-hydrogen) atoms. The number of benzene rings is 2. The Morgan fingerprint density at radius 3 is 2.27 bits per heavy atom. The maximum Gasteiger partial charge on any atom is 0.249 e. The minimum atomic E-state index is -0.391. The molecule has 2 aliphatic rings. The number of likely N-dealkylation sites (N-methyl/N-ethyl adjacent to an activating group) is 1. The first kappa shape index (κ1) is 17.1. The van der Waals surface area contributed by atoms with Gasteiger partial charge < -0.3 is 21.3 Å². The standard InChI is InChI=1S/C21H26N4O/c1-24-8-10-25(11-9-24)16-6-7-17(21(23)26)18(12-16)14-2-4-15(5-3-14)19-13-20(19)22/h2-7,12,19-20H,8-11,13,22H2,1H3,(H2,23,26)/t19-,20+/m1/s1. The molecule has 5 heteroatoms. The number of primary amides is 1. The molecule has 1 saturated heterocycles. The quantitative estimate of drug-likeness (QED) is 0.885. The van der Waals surface area contributed by atoms with E-state index >= 15 is 0 Å². The fraction of sp³-hybridized carbons (Fsp3) is 0.381. The molecule has 1 aliphatic carbocycles. The number of nitrogens with zero attached hydrogens (tertiary/aromatic N) is 2. The Bertz CT molecular complexity index is 809. The maximum atomic E-state index is 11.9. The molecule has 1 saturated carbocycles. The zero-order valence-electron chi connectivity index (χ0n) is 15.2. The fourth-order valence-corrected chi connectivity index (χ4v) is 3.76. The zero-order valence-corrected chi connectivity index (χ0v) is 15.2. The van der Waals surface area contributed by atoms with Crippen LogP contribution in [0.5, 0.6) is 0 Å². The van der Waals surface area contributed by atoms with Crippen LogP contribution in [-0.4, -0.2) is 50.1 Å². The van der Waals surface area contributed by atoms with Gasteiger partial charge in [0.15, 0.2) is 0 Å². The van der Waals surface area contributed by atoms with Crippen molar-refractivity contribution >= 4 is 11.6 Å². The van der Waals surface area contributed by atoms with Crippen LogP contribution in [0.15, 0.2) is 42.5 Å². The number of carbonyl (C=O) groups excluding carboxylic acids is 1. The zero-order chi connectivity index (χ0) is 18.3. The molecule has 2 aromatic rings. The summed E-state index contributed by atoms with van der Waals surface area (Å²) < 4.78 is 0. The summed E-state index contributed by atoms with van der Waals surface area (Å²) in [5.74, 6) is 0.0922. The highest BCUT2D eigenvalue weighted by Crippen LogP contribution is 2.40. The van der Waals surface area contributed by atoms with E-state index in [1.807, 2.05) is 12.1 Å². The summed E-state index contributed by atoms with van der Waals surface area (Å²) in [6.07, 6.45) is 1.06. The molecule has 0 unspecified atom stereocenters. The van der Waals surface area contributed by atoms with Crippen LogP contribution in [0, 0.1) is 0 Å². The number of rotatable bonds is 4. The van der Waals surface area contributed by atoms with E-state index in [0.717, 1.165) is 49.4 Å². The molecule has 2 atom stereocenters. The van der Waals surface area contributed by atoms with Gasteiger partial charge in [-0.15, -0.1) is 0 Å². The minimum absolute atomic E-state index is 0.294. The van der Waals surface area contributed by atoms with Gasteiger partial charge in [0.05, 0.1) is 0 Å². The first-order valence-electron chi connectivity index (χ1n) is 9.26. The van der Waals surface area contributed by atoms with Crippen LogP contribution in [0.1, 0.15) is 28.3 Å². The van der Waals surface area contributed by atoms with Crippen LogP contribution >= 0.6 is 0 Å². The monoisotopic (exact) mass is 350 g/mol. The summed E-state index contributed by atoms with van der Waals surface area (Å²) in [6, 6.07) is 14.7. The summed E-state index contributed by atoms with van der Waals surface area (Å²) in [4.78, 5) is 16.6. The SMILES string of the molecule is CN1CCN(c2ccc(C(N)=O)c(-c3ccc([C@H]4C[C@@H]4N)cc3)c2)CC1. The summed E-state index contributed by atoms with van der Waals surface area (Å²) in [7, 11) is 2.15. The van der Waals surface area contributed by atoms with Crippen LogP contribution in [0.25, 0.3) is 11.1 Å². The van der Waals surface area contributed by atoms with E-state index in [-0.39, 0.29) is 0 Å². The van der Waals surface area contributed by atoms with Gasteiger partial charge in [-0.25, -0.2) is 0 Å². The first-order chi connectivity index (χ1) is 12.5. The maximum absolute atomic E-state index is 11.9. The van der Waals surface area contributed by atoms with Crippen LogP contribution in [0.3, 0.4) is 0 Å². The lowest BCUT2D eigenvalue weighted by Gasteiger charge is -2.34. The second-order valence-electron chi connectivity index (χ2n) is 7.51. The van der Waals surface area contributed by atoms with Crippen molar-refractivity contribution in [2.24, 2.45) is 11.5 Å². The van der Waals surface area contributed by atoms with Crippen LogP contribution in [0.4, 0.5) is 5.69 Å². The average molecular weight is 350 g/mol. The number of hydrogen-bond acceptors (Lipinski definition) is 4. The number of anilines is 1. The lowest BCUT2D eigenvalue weighted by atomic mass is 9.96. The van der Waals surface area contributed by atoms with Gasteiger partial charge in [0, 0.05) is 49.4 Å². The van der Waals surface area contributed by atoms with Gasteiger partial charge in [0.25, 0.3) is 0 Å². The molecule has 2 aromatic carbocycles.